The summed E-state index contributed by atoms with van der Waals surface area (Å²) in [6.45, 7) is 8.73. The van der Waals surface area contributed by atoms with E-state index in [0.29, 0.717) is 27.1 Å². The smallest absolute Gasteiger partial charge is 0.257 e. The minimum absolute atomic E-state index is 0.243. The maximum Gasteiger partial charge on any atom is 0.257 e. The first-order valence-electron chi connectivity index (χ1n) is 8.83. The molecule has 26 heavy (non-hydrogen) atoms. The summed E-state index contributed by atoms with van der Waals surface area (Å²) in [6, 6.07) is 7.66. The summed E-state index contributed by atoms with van der Waals surface area (Å²) in [6.07, 6.45) is 2.95. The third kappa shape index (κ3) is 3.65. The minimum atomic E-state index is -0.266. The van der Waals surface area contributed by atoms with Crippen LogP contribution in [0.1, 0.15) is 59.1 Å². The van der Waals surface area contributed by atoms with Crippen LogP contribution < -0.4 is 5.32 Å². The number of rotatable bonds is 2. The van der Waals surface area contributed by atoms with Crippen molar-refractivity contribution in [1.29, 1.82) is 5.26 Å². The highest BCUT2D eigenvalue weighted by Gasteiger charge is 2.32. The molecule has 3 nitrogen and oxygen atoms in total. The van der Waals surface area contributed by atoms with Crippen LogP contribution >= 0.6 is 22.9 Å². The van der Waals surface area contributed by atoms with Crippen LogP contribution in [0, 0.1) is 29.6 Å². The summed E-state index contributed by atoms with van der Waals surface area (Å²) in [5.74, 6) is 0.327. The number of nitrogens with zero attached hydrogens (tertiary/aromatic N) is 1. The molecular formula is C21H23ClN2OS. The molecule has 0 radical (unpaired) electrons. The predicted octanol–water partition coefficient (Wildman–Crippen LogP) is 5.98. The lowest BCUT2D eigenvalue weighted by molar-refractivity contribution is 0.102. The minimum Gasteiger partial charge on any atom is -0.312 e. The first-order chi connectivity index (χ1) is 12.2. The van der Waals surface area contributed by atoms with E-state index in [9.17, 15) is 10.1 Å². The van der Waals surface area contributed by atoms with E-state index in [1.165, 1.54) is 4.88 Å². The number of anilines is 1. The number of aryl methyl sites for hydroxylation is 1. The summed E-state index contributed by atoms with van der Waals surface area (Å²) >= 11 is 7.75. The molecule has 1 aromatic heterocycles. The van der Waals surface area contributed by atoms with Gasteiger partial charge in [-0.1, -0.05) is 38.4 Å². The first kappa shape index (κ1) is 18.9. The number of nitrogens with one attached hydrogen (secondary N) is 1. The van der Waals surface area contributed by atoms with Crippen molar-refractivity contribution in [3.63, 3.8) is 0 Å². The fourth-order valence-electron chi connectivity index (χ4n) is 3.51. The molecule has 1 atom stereocenters. The first-order valence-corrected chi connectivity index (χ1v) is 10.0. The molecular weight excluding hydrogens is 364 g/mol. The van der Waals surface area contributed by atoms with Crippen molar-refractivity contribution in [3.8, 4) is 6.07 Å². The second-order valence-corrected chi connectivity index (χ2v) is 9.58. The molecule has 0 saturated carbocycles. The molecule has 1 amide bonds. The van der Waals surface area contributed by atoms with E-state index in [0.717, 1.165) is 30.4 Å². The zero-order chi connectivity index (χ0) is 19.1. The van der Waals surface area contributed by atoms with Gasteiger partial charge in [0.25, 0.3) is 5.91 Å². The van der Waals surface area contributed by atoms with Crippen LogP contribution in [0.4, 0.5) is 5.00 Å². The van der Waals surface area contributed by atoms with Crippen molar-refractivity contribution in [2.75, 3.05) is 5.32 Å². The normalized spacial score (nSPS) is 16.7. The molecule has 0 bridgehead atoms. The Hall–Kier alpha value is -1.83. The van der Waals surface area contributed by atoms with Gasteiger partial charge in [-0.25, -0.2) is 0 Å². The maximum absolute atomic E-state index is 12.7. The monoisotopic (exact) mass is 386 g/mol. The molecule has 1 aromatic carbocycles. The molecule has 1 aliphatic carbocycles. The molecule has 3 rings (SSSR count). The third-order valence-electron chi connectivity index (χ3n) is 5.20. The Labute approximate surface area is 164 Å². The summed E-state index contributed by atoms with van der Waals surface area (Å²) in [4.78, 5) is 13.9. The number of amides is 1. The van der Waals surface area contributed by atoms with Crippen molar-refractivity contribution >= 4 is 33.8 Å². The quantitative estimate of drug-likeness (QED) is 0.689. The molecule has 0 saturated heterocycles. The van der Waals surface area contributed by atoms with E-state index in [4.69, 9.17) is 11.6 Å². The lowest BCUT2D eigenvalue weighted by atomic mass is 9.72. The topological polar surface area (TPSA) is 52.9 Å². The molecule has 1 aliphatic rings. The van der Waals surface area contributed by atoms with Gasteiger partial charge >= 0.3 is 0 Å². The number of fused-ring (bicyclic) bond motifs is 1. The largest absolute Gasteiger partial charge is 0.312 e. The van der Waals surface area contributed by atoms with Crippen molar-refractivity contribution in [2.45, 2.75) is 47.0 Å². The fraction of sp³-hybridized carbons (Fsp3) is 0.429. The second kappa shape index (κ2) is 7.06. The molecule has 136 valence electrons. The number of benzene rings is 1. The van der Waals surface area contributed by atoms with Gasteiger partial charge in [0.1, 0.15) is 11.1 Å². The standard InChI is InChI=1S/C21H23ClN2OS/c1-12-5-7-15(17(22)9-12)19(25)24-20-16(11-23)14-8-6-13(21(2,3)4)10-18(14)26-20/h5,7,9,13H,6,8,10H2,1-4H3,(H,24,25)/t13-/m1/s1. The SMILES string of the molecule is Cc1ccc(C(=O)Nc2sc3c(c2C#N)CC[C@@H](C(C)(C)C)C3)c(Cl)c1. The van der Waals surface area contributed by atoms with Crippen LogP contribution in [0.5, 0.6) is 0 Å². The summed E-state index contributed by atoms with van der Waals surface area (Å²) in [5.41, 5.74) is 3.41. The lowest BCUT2D eigenvalue weighted by Gasteiger charge is -2.33. The van der Waals surface area contributed by atoms with E-state index in [1.807, 2.05) is 13.0 Å². The maximum atomic E-state index is 12.7. The molecule has 0 spiro atoms. The molecule has 2 aromatic rings. The Bertz CT molecular complexity index is 902. The molecule has 0 aliphatic heterocycles. The van der Waals surface area contributed by atoms with E-state index in [1.54, 1.807) is 23.5 Å². The number of thiophene rings is 1. The van der Waals surface area contributed by atoms with Crippen LogP contribution in [0.3, 0.4) is 0 Å². The van der Waals surface area contributed by atoms with Crippen molar-refractivity contribution in [3.05, 3.63) is 50.4 Å². The van der Waals surface area contributed by atoms with Crippen LogP contribution in [0.25, 0.3) is 0 Å². The summed E-state index contributed by atoms with van der Waals surface area (Å²) in [5, 5.41) is 13.6. The Morgan fingerprint density at radius 3 is 2.73 bits per heavy atom. The van der Waals surface area contributed by atoms with Crippen molar-refractivity contribution < 1.29 is 4.79 Å². The van der Waals surface area contributed by atoms with E-state index in [-0.39, 0.29) is 11.3 Å². The molecule has 0 fully saturated rings. The van der Waals surface area contributed by atoms with Gasteiger partial charge in [-0.15, -0.1) is 11.3 Å². The average molecular weight is 387 g/mol. The highest BCUT2D eigenvalue weighted by molar-refractivity contribution is 7.16. The Morgan fingerprint density at radius 1 is 1.38 bits per heavy atom. The van der Waals surface area contributed by atoms with Crippen molar-refractivity contribution in [2.24, 2.45) is 11.3 Å². The predicted molar refractivity (Wildman–Crippen MR) is 108 cm³/mol. The number of hydrogen-bond acceptors (Lipinski definition) is 3. The van der Waals surface area contributed by atoms with Gasteiger partial charge in [0.2, 0.25) is 0 Å². The van der Waals surface area contributed by atoms with Crippen molar-refractivity contribution in [1.82, 2.24) is 0 Å². The van der Waals surface area contributed by atoms with Gasteiger partial charge in [0.05, 0.1) is 16.1 Å². The van der Waals surface area contributed by atoms with E-state index >= 15 is 0 Å². The lowest BCUT2D eigenvalue weighted by Crippen LogP contribution is -2.26. The Balaban J connectivity index is 1.89. The van der Waals surface area contributed by atoms with Gasteiger partial charge in [-0.2, -0.15) is 5.26 Å². The highest BCUT2D eigenvalue weighted by Crippen LogP contribution is 2.44. The number of halogens is 1. The molecule has 0 unspecified atom stereocenters. The Morgan fingerprint density at radius 2 is 2.12 bits per heavy atom. The van der Waals surface area contributed by atoms with Gasteiger partial charge in [0, 0.05) is 4.88 Å². The third-order valence-corrected chi connectivity index (χ3v) is 6.68. The molecule has 1 heterocycles. The van der Waals surface area contributed by atoms with Crippen LogP contribution in [-0.2, 0) is 12.8 Å². The second-order valence-electron chi connectivity index (χ2n) is 8.06. The van der Waals surface area contributed by atoms with Crippen LogP contribution in [-0.4, -0.2) is 5.91 Å². The molecule has 1 N–H and O–H groups in total. The van der Waals surface area contributed by atoms with Gasteiger partial charge in [0.15, 0.2) is 0 Å². The van der Waals surface area contributed by atoms with Gasteiger partial charge in [-0.05, 0) is 60.8 Å². The fourth-order valence-corrected chi connectivity index (χ4v) is 5.10. The average Bonchev–Trinajstić information content (AvgIpc) is 2.89. The summed E-state index contributed by atoms with van der Waals surface area (Å²) < 4.78 is 0. The number of nitriles is 1. The van der Waals surface area contributed by atoms with Crippen LogP contribution in [0.2, 0.25) is 5.02 Å². The Kier molecular flexibility index (Phi) is 5.14. The number of carbonyl (C=O) groups excluding carboxylic acids is 1. The highest BCUT2D eigenvalue weighted by atomic mass is 35.5. The zero-order valence-electron chi connectivity index (χ0n) is 15.6. The van der Waals surface area contributed by atoms with E-state index in [2.05, 4.69) is 32.2 Å². The van der Waals surface area contributed by atoms with Crippen LogP contribution in [0.15, 0.2) is 18.2 Å². The zero-order valence-corrected chi connectivity index (χ0v) is 17.1. The van der Waals surface area contributed by atoms with Gasteiger partial charge < -0.3 is 5.32 Å². The summed E-state index contributed by atoms with van der Waals surface area (Å²) in [7, 11) is 0. The number of hydrogen-bond donors (Lipinski definition) is 1. The van der Waals surface area contributed by atoms with Gasteiger partial charge in [-0.3, -0.25) is 4.79 Å². The number of carbonyl (C=O) groups is 1. The van der Waals surface area contributed by atoms with E-state index < -0.39 is 0 Å². The molecule has 5 heteroatoms.